The summed E-state index contributed by atoms with van der Waals surface area (Å²) >= 11 is 0. The normalized spacial score (nSPS) is 28.7. The van der Waals surface area contributed by atoms with Crippen LogP contribution in [0.15, 0.2) is 18.2 Å². The van der Waals surface area contributed by atoms with Crippen molar-refractivity contribution in [3.8, 4) is 0 Å². The fourth-order valence-corrected chi connectivity index (χ4v) is 3.53. The Morgan fingerprint density at radius 1 is 1.36 bits per heavy atom. The summed E-state index contributed by atoms with van der Waals surface area (Å²) in [4.78, 5) is 6.99. The van der Waals surface area contributed by atoms with Crippen LogP contribution in [0.1, 0.15) is 24.2 Å². The number of rotatable bonds is 6. The second-order valence-corrected chi connectivity index (χ2v) is 6.13. The molecule has 122 valence electrons. The van der Waals surface area contributed by atoms with Crippen LogP contribution in [0.5, 0.6) is 0 Å². The Balaban J connectivity index is 1.55. The van der Waals surface area contributed by atoms with Crippen molar-refractivity contribution < 1.29 is 14.2 Å². The third kappa shape index (κ3) is 3.66. The molecule has 0 unspecified atom stereocenters. The summed E-state index contributed by atoms with van der Waals surface area (Å²) in [5.74, 6) is 0. The maximum atomic E-state index is 6.12. The molecular formula is C17H26N2O3. The molecule has 1 aliphatic carbocycles. The average molecular weight is 306 g/mol. The monoisotopic (exact) mass is 306 g/mol. The van der Waals surface area contributed by atoms with Crippen molar-refractivity contribution in [3.63, 3.8) is 0 Å². The first kappa shape index (κ1) is 15.9. The van der Waals surface area contributed by atoms with Crippen LogP contribution in [0.2, 0.25) is 0 Å². The molecule has 0 radical (unpaired) electrons. The van der Waals surface area contributed by atoms with Crippen molar-refractivity contribution in [2.45, 2.75) is 44.6 Å². The van der Waals surface area contributed by atoms with Gasteiger partial charge in [0.25, 0.3) is 0 Å². The Labute approximate surface area is 132 Å². The van der Waals surface area contributed by atoms with Crippen LogP contribution in [-0.4, -0.2) is 61.5 Å². The van der Waals surface area contributed by atoms with Gasteiger partial charge in [-0.15, -0.1) is 0 Å². The fraction of sp³-hybridized carbons (Fsp3) is 0.706. The van der Waals surface area contributed by atoms with Crippen molar-refractivity contribution in [2.24, 2.45) is 0 Å². The zero-order valence-corrected chi connectivity index (χ0v) is 13.5. The summed E-state index contributed by atoms with van der Waals surface area (Å²) in [6, 6.07) is 6.53. The van der Waals surface area contributed by atoms with Crippen molar-refractivity contribution in [3.05, 3.63) is 29.6 Å². The van der Waals surface area contributed by atoms with Crippen LogP contribution in [-0.2, 0) is 20.8 Å². The zero-order chi connectivity index (χ0) is 15.4. The van der Waals surface area contributed by atoms with Crippen molar-refractivity contribution in [2.75, 3.05) is 33.4 Å². The van der Waals surface area contributed by atoms with Gasteiger partial charge in [0, 0.05) is 31.9 Å². The molecule has 2 heterocycles. The Hall–Kier alpha value is -1.01. The standard InChI is InChI=1S/C17H26N2O3/c1-13-4-3-5-14(18-13)12-22-16-7-6-15-17(16)21-11-9-19(15)8-10-20-2/h3-5,15-17H,6-12H2,1-2H3/t15-,16+,17+/m0/s1. The minimum atomic E-state index is 0.178. The Kier molecular flexibility index (Phi) is 5.41. The van der Waals surface area contributed by atoms with E-state index in [4.69, 9.17) is 14.2 Å². The van der Waals surface area contributed by atoms with Gasteiger partial charge in [0.15, 0.2) is 0 Å². The Morgan fingerprint density at radius 2 is 2.27 bits per heavy atom. The predicted molar refractivity (Wildman–Crippen MR) is 83.8 cm³/mol. The second-order valence-electron chi connectivity index (χ2n) is 6.13. The molecule has 3 rings (SSSR count). The summed E-state index contributed by atoms with van der Waals surface area (Å²) in [6.07, 6.45) is 2.57. The van der Waals surface area contributed by atoms with E-state index in [1.165, 1.54) is 0 Å². The number of hydrogen-bond donors (Lipinski definition) is 0. The summed E-state index contributed by atoms with van der Waals surface area (Å²) in [5.41, 5.74) is 2.03. The third-order valence-electron chi connectivity index (χ3n) is 4.62. The number of methoxy groups -OCH3 is 1. The van der Waals surface area contributed by atoms with Crippen molar-refractivity contribution in [1.82, 2.24) is 9.88 Å². The van der Waals surface area contributed by atoms with E-state index < -0.39 is 0 Å². The quantitative estimate of drug-likeness (QED) is 0.801. The first-order valence-electron chi connectivity index (χ1n) is 8.16. The highest BCUT2D eigenvalue weighted by molar-refractivity contribution is 5.09. The number of hydrogen-bond acceptors (Lipinski definition) is 5. The van der Waals surface area contributed by atoms with E-state index in [1.54, 1.807) is 7.11 Å². The number of fused-ring (bicyclic) bond motifs is 1. The maximum absolute atomic E-state index is 6.12. The van der Waals surface area contributed by atoms with E-state index in [0.29, 0.717) is 12.6 Å². The van der Waals surface area contributed by atoms with Gasteiger partial charge < -0.3 is 14.2 Å². The van der Waals surface area contributed by atoms with Crippen LogP contribution < -0.4 is 0 Å². The molecule has 1 aliphatic heterocycles. The van der Waals surface area contributed by atoms with Crippen LogP contribution in [0.3, 0.4) is 0 Å². The topological polar surface area (TPSA) is 43.8 Å². The van der Waals surface area contributed by atoms with Gasteiger partial charge in [-0.3, -0.25) is 9.88 Å². The molecule has 1 aromatic heterocycles. The molecule has 3 atom stereocenters. The number of aromatic nitrogens is 1. The number of pyridine rings is 1. The molecule has 1 saturated heterocycles. The van der Waals surface area contributed by atoms with Gasteiger partial charge in [0.2, 0.25) is 0 Å². The largest absolute Gasteiger partial charge is 0.383 e. The van der Waals surface area contributed by atoms with Gasteiger partial charge in [0.05, 0.1) is 37.7 Å². The Morgan fingerprint density at radius 3 is 3.09 bits per heavy atom. The van der Waals surface area contributed by atoms with Crippen molar-refractivity contribution in [1.29, 1.82) is 0 Å². The SMILES string of the molecule is COCCN1CCO[C@H]2[C@H](OCc3cccc(C)n3)CC[C@@H]21. The number of ether oxygens (including phenoxy) is 3. The third-order valence-corrected chi connectivity index (χ3v) is 4.62. The van der Waals surface area contributed by atoms with E-state index in [9.17, 15) is 0 Å². The van der Waals surface area contributed by atoms with Crippen LogP contribution in [0, 0.1) is 6.92 Å². The van der Waals surface area contributed by atoms with Gasteiger partial charge in [-0.25, -0.2) is 0 Å². The van der Waals surface area contributed by atoms with Gasteiger partial charge in [-0.1, -0.05) is 6.07 Å². The highest BCUT2D eigenvalue weighted by atomic mass is 16.5. The molecular weight excluding hydrogens is 280 g/mol. The van der Waals surface area contributed by atoms with E-state index in [2.05, 4.69) is 9.88 Å². The molecule has 1 saturated carbocycles. The maximum Gasteiger partial charge on any atom is 0.0992 e. The van der Waals surface area contributed by atoms with Gasteiger partial charge in [-0.2, -0.15) is 0 Å². The number of morpholine rings is 1. The highest BCUT2D eigenvalue weighted by Gasteiger charge is 2.43. The van der Waals surface area contributed by atoms with E-state index in [0.717, 1.165) is 50.5 Å². The minimum Gasteiger partial charge on any atom is -0.383 e. The van der Waals surface area contributed by atoms with Crippen LogP contribution >= 0.6 is 0 Å². The average Bonchev–Trinajstić information content (AvgIpc) is 2.95. The molecule has 0 amide bonds. The van der Waals surface area contributed by atoms with Crippen LogP contribution in [0.25, 0.3) is 0 Å². The molecule has 22 heavy (non-hydrogen) atoms. The van der Waals surface area contributed by atoms with Gasteiger partial charge in [-0.05, 0) is 31.9 Å². The summed E-state index contributed by atoms with van der Waals surface area (Å²) in [7, 11) is 1.76. The zero-order valence-electron chi connectivity index (χ0n) is 13.5. The molecule has 2 aliphatic rings. The lowest BCUT2D eigenvalue weighted by Crippen LogP contribution is -2.52. The van der Waals surface area contributed by atoms with E-state index in [1.807, 2.05) is 25.1 Å². The van der Waals surface area contributed by atoms with Gasteiger partial charge >= 0.3 is 0 Å². The molecule has 5 nitrogen and oxygen atoms in total. The molecule has 1 aromatic rings. The summed E-state index contributed by atoms with van der Waals surface area (Å²) < 4.78 is 17.3. The summed E-state index contributed by atoms with van der Waals surface area (Å²) in [5, 5.41) is 0. The molecule has 0 bridgehead atoms. The molecule has 2 fully saturated rings. The molecule has 5 heteroatoms. The van der Waals surface area contributed by atoms with Crippen LogP contribution in [0.4, 0.5) is 0 Å². The fourth-order valence-electron chi connectivity index (χ4n) is 3.53. The highest BCUT2D eigenvalue weighted by Crippen LogP contribution is 2.32. The Bertz CT molecular complexity index is 483. The predicted octanol–water partition coefficient (Wildman–Crippen LogP) is 1.78. The summed E-state index contributed by atoms with van der Waals surface area (Å²) in [6.45, 7) is 6.11. The first-order valence-corrected chi connectivity index (χ1v) is 8.16. The molecule has 0 spiro atoms. The lowest BCUT2D eigenvalue weighted by molar-refractivity contribution is -0.119. The number of nitrogens with zero attached hydrogens (tertiary/aromatic N) is 2. The molecule has 0 N–H and O–H groups in total. The van der Waals surface area contributed by atoms with Gasteiger partial charge in [0.1, 0.15) is 0 Å². The smallest absolute Gasteiger partial charge is 0.0992 e. The van der Waals surface area contributed by atoms with Crippen molar-refractivity contribution >= 4 is 0 Å². The van der Waals surface area contributed by atoms with E-state index in [-0.39, 0.29) is 12.2 Å². The lowest BCUT2D eigenvalue weighted by atomic mass is 10.1. The van der Waals surface area contributed by atoms with E-state index >= 15 is 0 Å². The number of aryl methyl sites for hydroxylation is 1. The second kappa shape index (κ2) is 7.51. The first-order chi connectivity index (χ1) is 10.8. The lowest BCUT2D eigenvalue weighted by Gasteiger charge is -2.38. The minimum absolute atomic E-state index is 0.178. The molecule has 0 aromatic carbocycles.